The van der Waals surface area contributed by atoms with E-state index in [-0.39, 0.29) is 10.6 Å². The molecule has 4 nitrogen and oxygen atoms in total. The SMILES string of the molecule is Clc1nc(Cl)nc(N2CCCc3ccccc32)n1. The molecule has 0 N–H and O–H groups in total. The fourth-order valence-corrected chi connectivity index (χ4v) is 2.53. The van der Waals surface area contributed by atoms with E-state index in [4.69, 9.17) is 23.2 Å². The lowest BCUT2D eigenvalue weighted by Crippen LogP contribution is -2.26. The van der Waals surface area contributed by atoms with Gasteiger partial charge in [0.1, 0.15) is 0 Å². The highest BCUT2D eigenvalue weighted by atomic mass is 35.5. The Morgan fingerprint density at radius 2 is 1.72 bits per heavy atom. The average Bonchev–Trinajstić information content (AvgIpc) is 2.37. The van der Waals surface area contributed by atoms with E-state index in [1.165, 1.54) is 5.56 Å². The average molecular weight is 281 g/mol. The Morgan fingerprint density at radius 1 is 1.00 bits per heavy atom. The summed E-state index contributed by atoms with van der Waals surface area (Å²) in [5, 5.41) is 0.237. The Kier molecular flexibility index (Phi) is 3.06. The molecule has 0 aliphatic carbocycles. The zero-order valence-electron chi connectivity index (χ0n) is 9.48. The topological polar surface area (TPSA) is 41.9 Å². The van der Waals surface area contributed by atoms with E-state index in [1.807, 2.05) is 17.0 Å². The third-order valence-corrected chi connectivity index (χ3v) is 3.26. The molecule has 0 unspecified atom stereocenters. The van der Waals surface area contributed by atoms with E-state index in [9.17, 15) is 0 Å². The first-order valence-corrected chi connectivity index (χ1v) is 6.42. The van der Waals surface area contributed by atoms with Crippen molar-refractivity contribution >= 4 is 34.8 Å². The van der Waals surface area contributed by atoms with E-state index in [0.717, 1.165) is 25.1 Å². The maximum Gasteiger partial charge on any atom is 0.235 e. The Morgan fingerprint density at radius 3 is 2.50 bits per heavy atom. The van der Waals surface area contributed by atoms with Crippen molar-refractivity contribution < 1.29 is 0 Å². The van der Waals surface area contributed by atoms with Crippen molar-refractivity contribution in [2.24, 2.45) is 0 Å². The molecule has 0 spiro atoms. The van der Waals surface area contributed by atoms with Gasteiger partial charge < -0.3 is 4.90 Å². The maximum absolute atomic E-state index is 5.82. The zero-order chi connectivity index (χ0) is 12.5. The van der Waals surface area contributed by atoms with Crippen LogP contribution >= 0.6 is 23.2 Å². The van der Waals surface area contributed by atoms with Crippen molar-refractivity contribution in [1.29, 1.82) is 0 Å². The molecule has 1 aromatic heterocycles. The number of nitrogens with zero attached hydrogens (tertiary/aromatic N) is 4. The number of fused-ring (bicyclic) bond motifs is 1. The van der Waals surface area contributed by atoms with Crippen molar-refractivity contribution in [2.45, 2.75) is 12.8 Å². The van der Waals surface area contributed by atoms with Gasteiger partial charge in [-0.25, -0.2) is 0 Å². The quantitative estimate of drug-likeness (QED) is 0.804. The minimum Gasteiger partial charge on any atom is -0.310 e. The number of rotatable bonds is 1. The van der Waals surface area contributed by atoms with Crippen LogP contribution in [0.25, 0.3) is 0 Å². The summed E-state index contributed by atoms with van der Waals surface area (Å²) in [5.74, 6) is 0.507. The molecule has 0 amide bonds. The lowest BCUT2D eigenvalue weighted by atomic mass is 10.0. The van der Waals surface area contributed by atoms with E-state index < -0.39 is 0 Å². The van der Waals surface area contributed by atoms with Gasteiger partial charge in [0.15, 0.2) is 0 Å². The van der Waals surface area contributed by atoms with Gasteiger partial charge in [0.05, 0.1) is 0 Å². The Balaban J connectivity index is 2.08. The van der Waals surface area contributed by atoms with Crippen LogP contribution in [0.5, 0.6) is 0 Å². The second-order valence-corrected chi connectivity index (χ2v) is 4.73. The van der Waals surface area contributed by atoms with Gasteiger partial charge in [0.25, 0.3) is 0 Å². The maximum atomic E-state index is 5.82. The smallest absolute Gasteiger partial charge is 0.235 e. The summed E-state index contributed by atoms with van der Waals surface area (Å²) in [6.45, 7) is 0.855. The van der Waals surface area contributed by atoms with Gasteiger partial charge in [-0.1, -0.05) is 18.2 Å². The second kappa shape index (κ2) is 4.71. The van der Waals surface area contributed by atoms with Crippen molar-refractivity contribution in [1.82, 2.24) is 15.0 Å². The van der Waals surface area contributed by atoms with E-state index >= 15 is 0 Å². The Labute approximate surface area is 115 Å². The minimum atomic E-state index is 0.119. The van der Waals surface area contributed by atoms with E-state index in [1.54, 1.807) is 0 Å². The molecule has 0 saturated heterocycles. The predicted octanol–water partition coefficient (Wildman–Crippen LogP) is 3.26. The highest BCUT2D eigenvalue weighted by Crippen LogP contribution is 2.31. The monoisotopic (exact) mass is 280 g/mol. The molecule has 1 aliphatic rings. The summed E-state index contributed by atoms with van der Waals surface area (Å²) in [6.07, 6.45) is 2.12. The van der Waals surface area contributed by atoms with Crippen LogP contribution in [-0.4, -0.2) is 21.5 Å². The van der Waals surface area contributed by atoms with Crippen molar-refractivity contribution in [3.63, 3.8) is 0 Å². The third kappa shape index (κ3) is 2.13. The summed E-state index contributed by atoms with van der Waals surface area (Å²) in [5.41, 5.74) is 2.40. The molecule has 0 radical (unpaired) electrons. The second-order valence-electron chi connectivity index (χ2n) is 4.06. The first kappa shape index (κ1) is 11.7. The van der Waals surface area contributed by atoms with Gasteiger partial charge in [-0.3, -0.25) is 0 Å². The van der Waals surface area contributed by atoms with Crippen molar-refractivity contribution in [3.05, 3.63) is 40.4 Å². The number of aryl methyl sites for hydroxylation is 1. The molecule has 18 heavy (non-hydrogen) atoms. The number of halogens is 2. The van der Waals surface area contributed by atoms with Gasteiger partial charge in [-0.15, -0.1) is 0 Å². The van der Waals surface area contributed by atoms with E-state index in [2.05, 4.69) is 27.1 Å². The molecule has 0 bridgehead atoms. The lowest BCUT2D eigenvalue weighted by molar-refractivity contribution is 0.747. The summed E-state index contributed by atoms with van der Waals surface area (Å²) < 4.78 is 0. The van der Waals surface area contributed by atoms with Crippen LogP contribution in [0.4, 0.5) is 11.6 Å². The normalized spacial score (nSPS) is 14.4. The third-order valence-electron chi connectivity index (χ3n) is 2.92. The largest absolute Gasteiger partial charge is 0.310 e. The summed E-state index contributed by atoms with van der Waals surface area (Å²) in [6, 6.07) is 8.21. The van der Waals surface area contributed by atoms with Gasteiger partial charge in [0.2, 0.25) is 16.5 Å². The van der Waals surface area contributed by atoms with Crippen LogP contribution in [0, 0.1) is 0 Å². The fourth-order valence-electron chi connectivity index (χ4n) is 2.18. The van der Waals surface area contributed by atoms with Gasteiger partial charge >= 0.3 is 0 Å². The van der Waals surface area contributed by atoms with Crippen molar-refractivity contribution in [3.8, 4) is 0 Å². The molecule has 92 valence electrons. The fraction of sp³-hybridized carbons (Fsp3) is 0.250. The van der Waals surface area contributed by atoms with Crippen LogP contribution in [0.1, 0.15) is 12.0 Å². The first-order chi connectivity index (χ1) is 8.74. The lowest BCUT2D eigenvalue weighted by Gasteiger charge is -2.29. The first-order valence-electron chi connectivity index (χ1n) is 5.66. The summed E-state index contributed by atoms with van der Waals surface area (Å²) in [7, 11) is 0. The highest BCUT2D eigenvalue weighted by molar-refractivity contribution is 6.31. The molecule has 1 aliphatic heterocycles. The summed E-state index contributed by atoms with van der Waals surface area (Å²) >= 11 is 11.6. The summed E-state index contributed by atoms with van der Waals surface area (Å²) in [4.78, 5) is 14.1. The highest BCUT2D eigenvalue weighted by Gasteiger charge is 2.20. The van der Waals surface area contributed by atoms with Crippen LogP contribution in [0.2, 0.25) is 10.6 Å². The number of para-hydroxylation sites is 1. The van der Waals surface area contributed by atoms with E-state index in [0.29, 0.717) is 5.95 Å². The number of hydrogen-bond donors (Lipinski definition) is 0. The van der Waals surface area contributed by atoms with Crippen molar-refractivity contribution in [2.75, 3.05) is 11.4 Å². The molecule has 6 heteroatoms. The van der Waals surface area contributed by atoms with Gasteiger partial charge in [0, 0.05) is 12.2 Å². The number of benzene rings is 1. The zero-order valence-corrected chi connectivity index (χ0v) is 11.0. The standard InChI is InChI=1S/C12H10Cl2N4/c13-10-15-11(14)17-12(16-10)18-7-3-5-8-4-1-2-6-9(8)18/h1-2,4,6H,3,5,7H2. The van der Waals surface area contributed by atoms with Gasteiger partial charge in [-0.05, 0) is 47.7 Å². The number of aromatic nitrogens is 3. The minimum absolute atomic E-state index is 0.119. The molecule has 3 rings (SSSR count). The van der Waals surface area contributed by atoms with Gasteiger partial charge in [-0.2, -0.15) is 15.0 Å². The molecular formula is C12H10Cl2N4. The number of hydrogen-bond acceptors (Lipinski definition) is 4. The van der Waals surface area contributed by atoms with Crippen LogP contribution in [0.3, 0.4) is 0 Å². The molecule has 0 fully saturated rings. The Hall–Kier alpha value is -1.39. The van der Waals surface area contributed by atoms with Crippen LogP contribution in [-0.2, 0) is 6.42 Å². The van der Waals surface area contributed by atoms with Crippen LogP contribution < -0.4 is 4.90 Å². The molecule has 1 aromatic carbocycles. The molecule has 0 atom stereocenters. The predicted molar refractivity (Wildman–Crippen MR) is 71.6 cm³/mol. The Bertz CT molecular complexity index is 568. The number of anilines is 2. The van der Waals surface area contributed by atoms with Crippen LogP contribution in [0.15, 0.2) is 24.3 Å². The molecule has 0 saturated carbocycles. The molecular weight excluding hydrogens is 271 g/mol. The molecule has 2 heterocycles. The molecule has 2 aromatic rings.